The van der Waals surface area contributed by atoms with E-state index in [2.05, 4.69) is 0 Å². The van der Waals surface area contributed by atoms with Gasteiger partial charge in [0.25, 0.3) is 5.91 Å². The summed E-state index contributed by atoms with van der Waals surface area (Å²) in [6, 6.07) is 15.2. The Morgan fingerprint density at radius 2 is 2.04 bits per heavy atom. The number of nitrogens with two attached hydrogens (primary N) is 1. The van der Waals surface area contributed by atoms with Crippen molar-refractivity contribution < 1.29 is 14.3 Å². The predicted molar refractivity (Wildman–Crippen MR) is 106 cm³/mol. The molecule has 1 saturated heterocycles. The summed E-state index contributed by atoms with van der Waals surface area (Å²) in [6.45, 7) is 2.81. The Hall–Kier alpha value is -2.08. The highest BCUT2D eigenvalue weighted by Crippen LogP contribution is 2.27. The second-order valence-electron chi connectivity index (χ2n) is 6.51. The predicted octanol–water partition coefficient (Wildman–Crippen LogP) is 3.67. The van der Waals surface area contributed by atoms with Crippen LogP contribution in [0, 0.1) is 0 Å². The van der Waals surface area contributed by atoms with E-state index in [4.69, 9.17) is 26.8 Å². The van der Waals surface area contributed by atoms with E-state index in [1.807, 2.05) is 30.3 Å². The lowest BCUT2D eigenvalue weighted by Gasteiger charge is -2.33. The fraction of sp³-hybridized carbons (Fsp3) is 0.381. The maximum absolute atomic E-state index is 12.9. The minimum absolute atomic E-state index is 0.0843. The molecule has 0 radical (unpaired) electrons. The van der Waals surface area contributed by atoms with Gasteiger partial charge >= 0.3 is 0 Å². The first kappa shape index (κ1) is 19.7. The molecule has 1 amide bonds. The van der Waals surface area contributed by atoms with Crippen molar-refractivity contribution in [3.63, 3.8) is 0 Å². The van der Waals surface area contributed by atoms with Crippen LogP contribution in [0.1, 0.15) is 34.9 Å². The summed E-state index contributed by atoms with van der Waals surface area (Å²) in [7, 11) is 0. The first-order valence-electron chi connectivity index (χ1n) is 9.27. The third-order valence-corrected chi connectivity index (χ3v) is 4.88. The minimum Gasteiger partial charge on any atom is -0.494 e. The van der Waals surface area contributed by atoms with E-state index in [9.17, 15) is 4.79 Å². The van der Waals surface area contributed by atoms with Gasteiger partial charge in [-0.2, -0.15) is 0 Å². The van der Waals surface area contributed by atoms with E-state index in [0.29, 0.717) is 49.2 Å². The van der Waals surface area contributed by atoms with Gasteiger partial charge in [0.2, 0.25) is 0 Å². The average Bonchev–Trinajstić information content (AvgIpc) is 2.72. The summed E-state index contributed by atoms with van der Waals surface area (Å²) in [5.41, 5.74) is 7.03. The van der Waals surface area contributed by atoms with E-state index in [0.717, 1.165) is 18.4 Å². The Bertz CT molecular complexity index is 754. The highest BCUT2D eigenvalue weighted by molar-refractivity contribution is 6.34. The van der Waals surface area contributed by atoms with Crippen LogP contribution >= 0.6 is 11.6 Å². The Balaban J connectivity index is 1.64. The normalized spacial score (nSPS) is 17.0. The van der Waals surface area contributed by atoms with Gasteiger partial charge in [-0.3, -0.25) is 4.79 Å². The average molecular weight is 389 g/mol. The molecule has 6 heteroatoms. The molecule has 1 aliphatic rings. The molecule has 0 bridgehead atoms. The SMILES string of the molecule is NCCCCOc1ccc(C(=O)N2CCOC(c3ccccc3)C2)c(Cl)c1. The highest BCUT2D eigenvalue weighted by atomic mass is 35.5. The zero-order valence-electron chi connectivity index (χ0n) is 15.3. The van der Waals surface area contributed by atoms with Crippen molar-refractivity contribution >= 4 is 17.5 Å². The molecule has 0 aromatic heterocycles. The van der Waals surface area contributed by atoms with Crippen LogP contribution in [0.25, 0.3) is 0 Å². The van der Waals surface area contributed by atoms with Gasteiger partial charge in [-0.15, -0.1) is 0 Å². The van der Waals surface area contributed by atoms with Crippen LogP contribution in [0.3, 0.4) is 0 Å². The summed E-state index contributed by atoms with van der Waals surface area (Å²) >= 11 is 6.36. The minimum atomic E-state index is -0.118. The molecule has 2 aromatic carbocycles. The number of benzene rings is 2. The highest BCUT2D eigenvalue weighted by Gasteiger charge is 2.27. The second-order valence-corrected chi connectivity index (χ2v) is 6.91. The van der Waals surface area contributed by atoms with Gasteiger partial charge < -0.3 is 20.1 Å². The first-order valence-corrected chi connectivity index (χ1v) is 9.65. The Morgan fingerprint density at radius 3 is 2.78 bits per heavy atom. The van der Waals surface area contributed by atoms with Gasteiger partial charge in [-0.25, -0.2) is 0 Å². The maximum Gasteiger partial charge on any atom is 0.255 e. The lowest BCUT2D eigenvalue weighted by Crippen LogP contribution is -2.42. The molecule has 144 valence electrons. The van der Waals surface area contributed by atoms with Crippen molar-refractivity contribution in [1.82, 2.24) is 4.90 Å². The number of carbonyl (C=O) groups is 1. The number of ether oxygens (including phenoxy) is 2. The summed E-state index contributed by atoms with van der Waals surface area (Å²) < 4.78 is 11.5. The van der Waals surface area contributed by atoms with E-state index in [1.165, 1.54) is 0 Å². The standard InChI is InChI=1S/C21H25ClN2O3/c22-19-14-17(26-12-5-4-10-23)8-9-18(19)21(25)24-11-13-27-20(15-24)16-6-2-1-3-7-16/h1-3,6-9,14,20H,4-5,10-13,15,23H2. The van der Waals surface area contributed by atoms with Crippen LogP contribution in [0.15, 0.2) is 48.5 Å². The van der Waals surface area contributed by atoms with E-state index in [1.54, 1.807) is 23.1 Å². The molecule has 5 nitrogen and oxygen atoms in total. The number of morpholine rings is 1. The van der Waals surface area contributed by atoms with Gasteiger partial charge in [0, 0.05) is 6.54 Å². The molecule has 0 saturated carbocycles. The molecule has 27 heavy (non-hydrogen) atoms. The number of hydrogen-bond donors (Lipinski definition) is 1. The van der Waals surface area contributed by atoms with Crippen LogP contribution in [-0.4, -0.2) is 43.7 Å². The van der Waals surface area contributed by atoms with E-state index in [-0.39, 0.29) is 12.0 Å². The van der Waals surface area contributed by atoms with Crippen molar-refractivity contribution in [3.05, 3.63) is 64.7 Å². The van der Waals surface area contributed by atoms with Crippen molar-refractivity contribution in [1.29, 1.82) is 0 Å². The van der Waals surface area contributed by atoms with E-state index >= 15 is 0 Å². The quantitative estimate of drug-likeness (QED) is 0.735. The van der Waals surface area contributed by atoms with Crippen LogP contribution in [0.4, 0.5) is 0 Å². The second kappa shape index (κ2) is 9.74. The van der Waals surface area contributed by atoms with Crippen molar-refractivity contribution in [3.8, 4) is 5.75 Å². The molecular formula is C21H25ClN2O3. The van der Waals surface area contributed by atoms with Crippen molar-refractivity contribution in [2.75, 3.05) is 32.8 Å². The smallest absolute Gasteiger partial charge is 0.255 e. The fourth-order valence-corrected chi connectivity index (χ4v) is 3.32. The number of unbranched alkanes of at least 4 members (excludes halogenated alkanes) is 1. The van der Waals surface area contributed by atoms with Gasteiger partial charge in [0.1, 0.15) is 11.9 Å². The third-order valence-electron chi connectivity index (χ3n) is 4.56. The van der Waals surface area contributed by atoms with Gasteiger partial charge in [-0.05, 0) is 43.1 Å². The number of carbonyl (C=O) groups excluding carboxylic acids is 1. The first-order chi connectivity index (χ1) is 13.2. The summed E-state index contributed by atoms with van der Waals surface area (Å²) in [6.07, 6.45) is 1.70. The number of rotatable bonds is 7. The summed E-state index contributed by atoms with van der Waals surface area (Å²) in [5.74, 6) is 0.580. The van der Waals surface area contributed by atoms with Gasteiger partial charge in [0.05, 0.1) is 30.3 Å². The van der Waals surface area contributed by atoms with Crippen LogP contribution in [-0.2, 0) is 4.74 Å². The summed E-state index contributed by atoms with van der Waals surface area (Å²) in [5, 5.41) is 0.402. The number of nitrogens with zero attached hydrogens (tertiary/aromatic N) is 1. The topological polar surface area (TPSA) is 64.8 Å². The largest absolute Gasteiger partial charge is 0.494 e. The number of hydrogen-bond acceptors (Lipinski definition) is 4. The van der Waals surface area contributed by atoms with Crippen LogP contribution in [0.5, 0.6) is 5.75 Å². The molecule has 0 aliphatic carbocycles. The molecule has 2 aromatic rings. The molecule has 1 heterocycles. The van der Waals surface area contributed by atoms with Gasteiger partial charge in [-0.1, -0.05) is 41.9 Å². The lowest BCUT2D eigenvalue weighted by atomic mass is 10.1. The van der Waals surface area contributed by atoms with Crippen molar-refractivity contribution in [2.45, 2.75) is 18.9 Å². The lowest BCUT2D eigenvalue weighted by molar-refractivity contribution is -0.0228. The van der Waals surface area contributed by atoms with Crippen LogP contribution in [0.2, 0.25) is 5.02 Å². The Labute approximate surface area is 165 Å². The molecule has 1 aliphatic heterocycles. The number of amides is 1. The zero-order valence-corrected chi connectivity index (χ0v) is 16.0. The molecular weight excluding hydrogens is 364 g/mol. The molecule has 1 atom stereocenters. The monoisotopic (exact) mass is 388 g/mol. The van der Waals surface area contributed by atoms with E-state index < -0.39 is 0 Å². The third kappa shape index (κ3) is 5.22. The number of halogens is 1. The molecule has 1 unspecified atom stereocenters. The van der Waals surface area contributed by atoms with Crippen LogP contribution < -0.4 is 10.5 Å². The zero-order chi connectivity index (χ0) is 19.1. The fourth-order valence-electron chi connectivity index (χ4n) is 3.07. The summed E-state index contributed by atoms with van der Waals surface area (Å²) in [4.78, 5) is 14.7. The van der Waals surface area contributed by atoms with Crippen molar-refractivity contribution in [2.24, 2.45) is 5.73 Å². The molecule has 0 spiro atoms. The molecule has 1 fully saturated rings. The molecule has 2 N–H and O–H groups in total. The Kier molecular flexibility index (Phi) is 7.10. The maximum atomic E-state index is 12.9. The Morgan fingerprint density at radius 1 is 1.22 bits per heavy atom. The van der Waals surface area contributed by atoms with Gasteiger partial charge in [0.15, 0.2) is 0 Å². The molecule has 3 rings (SSSR count).